The van der Waals surface area contributed by atoms with E-state index in [1.807, 2.05) is 62.4 Å². The number of benzene rings is 4. The minimum atomic E-state index is -0.923. The van der Waals surface area contributed by atoms with Gasteiger partial charge in [0.25, 0.3) is 5.78 Å². The number of nitrogens with zero attached hydrogens (tertiary/aromatic N) is 3. The summed E-state index contributed by atoms with van der Waals surface area (Å²) in [6, 6.07) is 31.1. The van der Waals surface area contributed by atoms with Gasteiger partial charge in [0.1, 0.15) is 23.9 Å². The van der Waals surface area contributed by atoms with E-state index in [1.165, 1.54) is 28.0 Å². The SMILES string of the molecule is CCOc1ccc(C2C(=C(O)c3ccc(OCc4cccc(C)c4)cc3)C(=O)C(=O)N2c2nnc(SCc3ccccc3)s2)cc1. The van der Waals surface area contributed by atoms with Crippen molar-refractivity contribution in [3.63, 3.8) is 0 Å². The number of aliphatic hydroxyl groups excluding tert-OH is 1. The molecule has 0 aliphatic carbocycles. The van der Waals surface area contributed by atoms with Crippen LogP contribution in [0, 0.1) is 6.92 Å². The van der Waals surface area contributed by atoms with E-state index in [2.05, 4.69) is 16.3 Å². The van der Waals surface area contributed by atoms with Gasteiger partial charge in [-0.15, -0.1) is 10.2 Å². The maximum Gasteiger partial charge on any atom is 0.301 e. The van der Waals surface area contributed by atoms with E-state index < -0.39 is 17.7 Å². The lowest BCUT2D eigenvalue weighted by Crippen LogP contribution is -2.29. The number of aryl methyl sites for hydroxylation is 1. The molecule has 2 heterocycles. The van der Waals surface area contributed by atoms with Crippen molar-refractivity contribution in [2.75, 3.05) is 11.5 Å². The zero-order valence-corrected chi connectivity index (χ0v) is 26.9. The summed E-state index contributed by atoms with van der Waals surface area (Å²) in [4.78, 5) is 28.6. The van der Waals surface area contributed by atoms with Crippen LogP contribution in [-0.4, -0.2) is 33.6 Å². The molecule has 8 nitrogen and oxygen atoms in total. The van der Waals surface area contributed by atoms with Gasteiger partial charge in [0.2, 0.25) is 5.13 Å². The molecule has 1 unspecified atom stereocenters. The number of Topliss-reactive ketones (excluding diaryl/α,β-unsaturated/α-hetero) is 1. The molecule has 46 heavy (non-hydrogen) atoms. The Kier molecular flexibility index (Phi) is 9.46. The van der Waals surface area contributed by atoms with E-state index in [0.29, 0.717) is 45.9 Å². The number of aromatic nitrogens is 2. The van der Waals surface area contributed by atoms with Crippen LogP contribution < -0.4 is 14.4 Å². The van der Waals surface area contributed by atoms with Crippen LogP contribution in [0.5, 0.6) is 11.5 Å². The van der Waals surface area contributed by atoms with Gasteiger partial charge in [-0.3, -0.25) is 14.5 Å². The lowest BCUT2D eigenvalue weighted by atomic mass is 9.95. The molecule has 1 atom stereocenters. The van der Waals surface area contributed by atoms with Crippen molar-refractivity contribution in [3.05, 3.63) is 137 Å². The monoisotopic (exact) mass is 649 g/mol. The van der Waals surface area contributed by atoms with Crippen molar-refractivity contribution in [3.8, 4) is 11.5 Å². The number of hydrogen-bond acceptors (Lipinski definition) is 9. The van der Waals surface area contributed by atoms with E-state index in [9.17, 15) is 14.7 Å². The van der Waals surface area contributed by atoms with Crippen molar-refractivity contribution in [1.82, 2.24) is 10.2 Å². The number of hydrogen-bond donors (Lipinski definition) is 1. The molecule has 10 heteroatoms. The van der Waals surface area contributed by atoms with Crippen LogP contribution in [0.15, 0.2) is 113 Å². The first-order chi connectivity index (χ1) is 22.4. The molecule has 5 aromatic rings. The topological polar surface area (TPSA) is 102 Å². The number of aliphatic hydroxyl groups is 1. The smallest absolute Gasteiger partial charge is 0.301 e. The van der Waals surface area contributed by atoms with Crippen LogP contribution in [0.1, 0.15) is 40.8 Å². The predicted molar refractivity (Wildman–Crippen MR) is 180 cm³/mol. The summed E-state index contributed by atoms with van der Waals surface area (Å²) in [6.45, 7) is 4.81. The molecule has 1 saturated heterocycles. The average molecular weight is 650 g/mol. The van der Waals surface area contributed by atoms with Crippen molar-refractivity contribution in [2.45, 2.75) is 36.6 Å². The Morgan fingerprint density at radius 3 is 2.28 bits per heavy atom. The molecule has 1 aromatic heterocycles. The largest absolute Gasteiger partial charge is 0.507 e. The van der Waals surface area contributed by atoms with Crippen molar-refractivity contribution in [1.29, 1.82) is 0 Å². The van der Waals surface area contributed by atoms with Gasteiger partial charge in [-0.05, 0) is 66.9 Å². The highest BCUT2D eigenvalue weighted by atomic mass is 32.2. The van der Waals surface area contributed by atoms with Crippen LogP contribution in [-0.2, 0) is 21.9 Å². The molecule has 232 valence electrons. The molecule has 0 radical (unpaired) electrons. The van der Waals surface area contributed by atoms with E-state index in [1.54, 1.807) is 48.5 Å². The Morgan fingerprint density at radius 2 is 1.57 bits per heavy atom. The molecule has 1 fully saturated rings. The molecule has 0 spiro atoms. The Labute approximate surface area is 275 Å². The fourth-order valence-corrected chi connectivity index (χ4v) is 6.99. The second-order valence-electron chi connectivity index (χ2n) is 10.6. The Morgan fingerprint density at radius 1 is 0.870 bits per heavy atom. The zero-order chi connectivity index (χ0) is 32.0. The van der Waals surface area contributed by atoms with E-state index >= 15 is 0 Å². The summed E-state index contributed by atoms with van der Waals surface area (Å²) >= 11 is 2.73. The van der Waals surface area contributed by atoms with Crippen LogP contribution in [0.25, 0.3) is 5.76 Å². The molecule has 1 aliphatic rings. The lowest BCUT2D eigenvalue weighted by molar-refractivity contribution is -0.132. The number of thioether (sulfide) groups is 1. The standard InChI is InChI=1S/C36H31N3O5S2/c1-3-43-28-16-12-26(13-17-28)31-30(32(40)27-14-18-29(19-15-27)44-21-25-11-7-8-23(2)20-25)33(41)34(42)39(31)35-37-38-36(46-35)45-22-24-9-5-4-6-10-24/h4-20,31,40H,3,21-22H2,1-2H3. The summed E-state index contributed by atoms with van der Waals surface area (Å²) in [7, 11) is 0. The predicted octanol–water partition coefficient (Wildman–Crippen LogP) is 7.74. The Balaban J connectivity index is 1.31. The normalized spacial score (nSPS) is 15.7. The second kappa shape index (κ2) is 14.0. The Hall–Kier alpha value is -4.93. The zero-order valence-electron chi connectivity index (χ0n) is 25.3. The summed E-state index contributed by atoms with van der Waals surface area (Å²) in [6.07, 6.45) is 0. The third-order valence-corrected chi connectivity index (χ3v) is 9.50. The fourth-order valence-electron chi connectivity index (χ4n) is 5.17. The van der Waals surface area contributed by atoms with E-state index in [-0.39, 0.29) is 16.5 Å². The van der Waals surface area contributed by atoms with Gasteiger partial charge >= 0.3 is 5.91 Å². The van der Waals surface area contributed by atoms with Gasteiger partial charge in [0, 0.05) is 11.3 Å². The van der Waals surface area contributed by atoms with Gasteiger partial charge in [-0.2, -0.15) is 0 Å². The molecule has 4 aromatic carbocycles. The summed E-state index contributed by atoms with van der Waals surface area (Å²) in [5.74, 6) is 0.0737. The maximum absolute atomic E-state index is 13.6. The molecular weight excluding hydrogens is 619 g/mol. The quantitative estimate of drug-likeness (QED) is 0.0510. The summed E-state index contributed by atoms with van der Waals surface area (Å²) < 4.78 is 12.2. The summed E-state index contributed by atoms with van der Waals surface area (Å²) in [5.41, 5.74) is 4.29. The summed E-state index contributed by atoms with van der Waals surface area (Å²) in [5, 5.41) is 20.4. The first-order valence-electron chi connectivity index (χ1n) is 14.7. The molecule has 6 rings (SSSR count). The number of ether oxygens (including phenoxy) is 2. The highest BCUT2D eigenvalue weighted by Gasteiger charge is 2.48. The fraction of sp³-hybridized carbons (Fsp3) is 0.167. The van der Waals surface area contributed by atoms with E-state index in [0.717, 1.165) is 16.7 Å². The van der Waals surface area contributed by atoms with Gasteiger partial charge in [-0.1, -0.05) is 95.4 Å². The minimum Gasteiger partial charge on any atom is -0.507 e. The van der Waals surface area contributed by atoms with Gasteiger partial charge < -0.3 is 14.6 Å². The first kappa shape index (κ1) is 31.1. The van der Waals surface area contributed by atoms with E-state index in [4.69, 9.17) is 9.47 Å². The van der Waals surface area contributed by atoms with Gasteiger partial charge in [0.15, 0.2) is 4.34 Å². The van der Waals surface area contributed by atoms with Crippen LogP contribution in [0.3, 0.4) is 0 Å². The second-order valence-corrected chi connectivity index (χ2v) is 12.8. The third kappa shape index (κ3) is 6.83. The minimum absolute atomic E-state index is 0.0312. The third-order valence-electron chi connectivity index (χ3n) is 7.37. The number of carbonyl (C=O) groups is 2. The highest BCUT2D eigenvalue weighted by Crippen LogP contribution is 2.44. The van der Waals surface area contributed by atoms with Gasteiger partial charge in [-0.25, -0.2) is 0 Å². The van der Waals surface area contributed by atoms with Gasteiger partial charge in [0.05, 0.1) is 18.2 Å². The molecule has 0 saturated carbocycles. The van der Waals surface area contributed by atoms with Crippen molar-refractivity contribution < 1.29 is 24.2 Å². The first-order valence-corrected chi connectivity index (χ1v) is 16.5. The van der Waals surface area contributed by atoms with Crippen LogP contribution in [0.4, 0.5) is 5.13 Å². The number of ketones is 1. The molecular formula is C36H31N3O5S2. The number of rotatable bonds is 11. The van der Waals surface area contributed by atoms with Crippen LogP contribution >= 0.6 is 23.1 Å². The maximum atomic E-state index is 13.6. The molecule has 1 N–H and O–H groups in total. The highest BCUT2D eigenvalue weighted by molar-refractivity contribution is 8.00. The van der Waals surface area contributed by atoms with Crippen molar-refractivity contribution in [2.24, 2.45) is 0 Å². The molecule has 1 aliphatic heterocycles. The Bertz CT molecular complexity index is 1870. The number of anilines is 1. The van der Waals surface area contributed by atoms with Crippen LogP contribution in [0.2, 0.25) is 0 Å². The molecule has 0 bridgehead atoms. The number of amides is 1. The number of carbonyl (C=O) groups excluding carboxylic acids is 2. The molecule has 1 amide bonds. The lowest BCUT2D eigenvalue weighted by Gasteiger charge is -2.22. The average Bonchev–Trinajstić information content (AvgIpc) is 3.65. The van der Waals surface area contributed by atoms with Crippen molar-refractivity contribution >= 4 is 45.7 Å².